The lowest BCUT2D eigenvalue weighted by molar-refractivity contribution is 0.0614. The maximum Gasteiger partial charge on any atom is 0.254 e. The van der Waals surface area contributed by atoms with Gasteiger partial charge in [0.25, 0.3) is 5.91 Å². The van der Waals surface area contributed by atoms with E-state index in [-0.39, 0.29) is 5.91 Å². The van der Waals surface area contributed by atoms with Gasteiger partial charge in [0.15, 0.2) is 11.5 Å². The molecule has 0 aliphatic carbocycles. The molecule has 33 heavy (non-hydrogen) atoms. The Balaban J connectivity index is 1.36. The Morgan fingerprint density at radius 1 is 1.27 bits per heavy atom. The zero-order valence-corrected chi connectivity index (χ0v) is 20.5. The lowest BCUT2D eigenvalue weighted by Gasteiger charge is -2.34. The lowest BCUT2D eigenvalue weighted by atomic mass is 10.1. The average molecular weight is 491 g/mol. The summed E-state index contributed by atoms with van der Waals surface area (Å²) < 4.78 is 16.6. The summed E-state index contributed by atoms with van der Waals surface area (Å²) in [6, 6.07) is 7.27. The van der Waals surface area contributed by atoms with Crippen molar-refractivity contribution >= 4 is 28.8 Å². The minimum Gasteiger partial charge on any atom is -0.493 e. The number of benzene rings is 1. The predicted molar refractivity (Wildman–Crippen MR) is 127 cm³/mol. The van der Waals surface area contributed by atoms with Gasteiger partial charge in [-0.1, -0.05) is 36.7 Å². The summed E-state index contributed by atoms with van der Waals surface area (Å²) in [5.74, 6) is 2.38. The normalized spacial score (nSPS) is 14.6. The molecule has 0 saturated carbocycles. The van der Waals surface area contributed by atoms with E-state index in [9.17, 15) is 4.79 Å². The van der Waals surface area contributed by atoms with Crippen LogP contribution >= 0.6 is 22.9 Å². The third-order valence-electron chi connectivity index (χ3n) is 5.27. The number of nitrogens with zero attached hydrogens (tertiary/aromatic N) is 4. The van der Waals surface area contributed by atoms with Crippen molar-refractivity contribution in [2.75, 3.05) is 39.9 Å². The summed E-state index contributed by atoms with van der Waals surface area (Å²) in [5, 5.41) is 6.41. The van der Waals surface area contributed by atoms with Crippen LogP contribution in [0.3, 0.4) is 0 Å². The van der Waals surface area contributed by atoms with Crippen molar-refractivity contribution in [1.29, 1.82) is 0 Å². The Kier molecular flexibility index (Phi) is 7.52. The molecule has 10 heteroatoms. The van der Waals surface area contributed by atoms with Crippen LogP contribution in [0.15, 0.2) is 34.2 Å². The number of amides is 1. The summed E-state index contributed by atoms with van der Waals surface area (Å²) in [5.41, 5.74) is 0.486. The Morgan fingerprint density at radius 2 is 2.06 bits per heavy atom. The first-order chi connectivity index (χ1) is 15.9. The van der Waals surface area contributed by atoms with Gasteiger partial charge in [-0.2, -0.15) is 4.98 Å². The predicted octanol–water partition coefficient (Wildman–Crippen LogP) is 4.45. The highest BCUT2D eigenvalue weighted by molar-refractivity contribution is 7.13. The number of hydrogen-bond donors (Lipinski definition) is 0. The van der Waals surface area contributed by atoms with E-state index in [1.54, 1.807) is 30.6 Å². The van der Waals surface area contributed by atoms with Crippen LogP contribution in [0.4, 0.5) is 0 Å². The van der Waals surface area contributed by atoms with Gasteiger partial charge in [-0.15, -0.1) is 11.3 Å². The Labute approximate surface area is 202 Å². The molecule has 1 amide bonds. The van der Waals surface area contributed by atoms with Crippen LogP contribution in [0.2, 0.25) is 5.02 Å². The SMILES string of the molecule is COc1cc(C(=O)N2CCN(Cc3nc(-c4cccs4)no3)CC2)cc(Cl)c1OCC(C)C. The Bertz CT molecular complexity index is 1080. The second kappa shape index (κ2) is 10.5. The smallest absolute Gasteiger partial charge is 0.254 e. The summed E-state index contributed by atoms with van der Waals surface area (Å²) >= 11 is 8.00. The van der Waals surface area contributed by atoms with Gasteiger partial charge in [0.2, 0.25) is 11.7 Å². The standard InChI is InChI=1S/C23H27ClN4O4S/c1-15(2)14-31-21-17(24)11-16(12-18(21)30-3)23(29)28-8-6-27(7-9-28)13-20-25-22(26-32-20)19-5-4-10-33-19/h4-5,10-12,15H,6-9,13-14H2,1-3H3. The van der Waals surface area contributed by atoms with E-state index in [4.69, 9.17) is 25.6 Å². The molecule has 1 aromatic carbocycles. The fourth-order valence-electron chi connectivity index (χ4n) is 3.54. The van der Waals surface area contributed by atoms with Crippen molar-refractivity contribution in [3.8, 4) is 22.2 Å². The highest BCUT2D eigenvalue weighted by Crippen LogP contribution is 2.37. The van der Waals surface area contributed by atoms with Crippen LogP contribution < -0.4 is 9.47 Å². The fourth-order valence-corrected chi connectivity index (χ4v) is 4.46. The molecule has 3 aromatic rings. The average Bonchev–Trinajstić information content (AvgIpc) is 3.50. The number of carbonyl (C=O) groups excluding carboxylic acids is 1. The van der Waals surface area contributed by atoms with Gasteiger partial charge in [0.05, 0.1) is 30.2 Å². The molecule has 4 rings (SSSR count). The summed E-state index contributed by atoms with van der Waals surface area (Å²) in [6.45, 7) is 7.79. The minimum absolute atomic E-state index is 0.0805. The molecule has 1 saturated heterocycles. The molecule has 0 N–H and O–H groups in total. The molecule has 0 spiro atoms. The van der Waals surface area contributed by atoms with E-state index in [0.717, 1.165) is 4.88 Å². The molecular formula is C23H27ClN4O4S. The van der Waals surface area contributed by atoms with Crippen molar-refractivity contribution < 1.29 is 18.8 Å². The second-order valence-corrected chi connectivity index (χ2v) is 9.61. The first-order valence-electron chi connectivity index (χ1n) is 10.8. The maximum atomic E-state index is 13.1. The van der Waals surface area contributed by atoms with Gasteiger partial charge in [-0.05, 0) is 29.5 Å². The van der Waals surface area contributed by atoms with Crippen molar-refractivity contribution in [2.45, 2.75) is 20.4 Å². The number of rotatable bonds is 8. The first kappa shape index (κ1) is 23.5. The summed E-state index contributed by atoms with van der Waals surface area (Å²) in [4.78, 5) is 22.6. The number of ether oxygens (including phenoxy) is 2. The van der Waals surface area contributed by atoms with Crippen molar-refractivity contribution in [3.63, 3.8) is 0 Å². The van der Waals surface area contributed by atoms with Crippen LogP contribution in [0.25, 0.3) is 10.7 Å². The molecule has 2 aromatic heterocycles. The number of carbonyl (C=O) groups is 1. The highest BCUT2D eigenvalue weighted by atomic mass is 35.5. The number of thiophene rings is 1. The van der Waals surface area contributed by atoms with Gasteiger partial charge >= 0.3 is 0 Å². The van der Waals surface area contributed by atoms with Crippen molar-refractivity contribution in [3.05, 3.63) is 46.1 Å². The molecular weight excluding hydrogens is 464 g/mol. The molecule has 176 valence electrons. The molecule has 1 aliphatic heterocycles. The van der Waals surface area contributed by atoms with E-state index in [1.807, 2.05) is 22.4 Å². The van der Waals surface area contributed by atoms with Gasteiger partial charge < -0.3 is 18.9 Å². The maximum absolute atomic E-state index is 13.1. The third-order valence-corrected chi connectivity index (χ3v) is 6.41. The van der Waals surface area contributed by atoms with Gasteiger partial charge in [-0.3, -0.25) is 9.69 Å². The highest BCUT2D eigenvalue weighted by Gasteiger charge is 2.25. The quantitative estimate of drug-likeness (QED) is 0.461. The Morgan fingerprint density at radius 3 is 2.73 bits per heavy atom. The largest absolute Gasteiger partial charge is 0.493 e. The summed E-state index contributed by atoms with van der Waals surface area (Å²) in [7, 11) is 1.54. The first-order valence-corrected chi connectivity index (χ1v) is 12.1. The number of aromatic nitrogens is 2. The second-order valence-electron chi connectivity index (χ2n) is 8.25. The number of halogens is 1. The van der Waals surface area contributed by atoms with E-state index < -0.39 is 0 Å². The van der Waals surface area contributed by atoms with E-state index >= 15 is 0 Å². The molecule has 0 bridgehead atoms. The molecule has 3 heterocycles. The van der Waals surface area contributed by atoms with Crippen LogP contribution in [-0.2, 0) is 6.54 Å². The Hall–Kier alpha value is -2.62. The van der Waals surface area contributed by atoms with Crippen LogP contribution in [-0.4, -0.2) is 65.7 Å². The third kappa shape index (κ3) is 5.66. The minimum atomic E-state index is -0.0805. The number of methoxy groups -OCH3 is 1. The van der Waals surface area contributed by atoms with Gasteiger partial charge in [0, 0.05) is 31.7 Å². The van der Waals surface area contributed by atoms with Crippen molar-refractivity contribution in [2.24, 2.45) is 5.92 Å². The molecule has 1 fully saturated rings. The van der Waals surface area contributed by atoms with Crippen LogP contribution in [0, 0.1) is 5.92 Å². The molecule has 8 nitrogen and oxygen atoms in total. The molecule has 0 unspecified atom stereocenters. The van der Waals surface area contributed by atoms with Crippen molar-refractivity contribution in [1.82, 2.24) is 19.9 Å². The van der Waals surface area contributed by atoms with E-state index in [0.29, 0.717) is 79.0 Å². The van der Waals surface area contributed by atoms with E-state index in [2.05, 4.69) is 28.9 Å². The van der Waals surface area contributed by atoms with Gasteiger partial charge in [0.1, 0.15) is 0 Å². The fraction of sp³-hybridized carbons (Fsp3) is 0.435. The van der Waals surface area contributed by atoms with Crippen LogP contribution in [0.1, 0.15) is 30.1 Å². The zero-order valence-electron chi connectivity index (χ0n) is 18.9. The monoisotopic (exact) mass is 490 g/mol. The molecule has 1 aliphatic rings. The molecule has 0 atom stereocenters. The zero-order chi connectivity index (χ0) is 23.4. The van der Waals surface area contributed by atoms with E-state index in [1.165, 1.54) is 0 Å². The number of piperazine rings is 1. The lowest BCUT2D eigenvalue weighted by Crippen LogP contribution is -2.48. The summed E-state index contributed by atoms with van der Waals surface area (Å²) in [6.07, 6.45) is 0. The topological polar surface area (TPSA) is 80.9 Å². The van der Waals surface area contributed by atoms with Gasteiger partial charge in [-0.25, -0.2) is 0 Å². The molecule has 0 radical (unpaired) electrons. The number of hydrogen-bond acceptors (Lipinski definition) is 8. The van der Waals surface area contributed by atoms with Crippen LogP contribution in [0.5, 0.6) is 11.5 Å².